The smallest absolute Gasteiger partial charge is 0.210 e. The number of likely N-dealkylation sites (N-methyl/N-ethyl adjacent to an activating group) is 2. The van der Waals surface area contributed by atoms with Gasteiger partial charge in [0.2, 0.25) is 6.41 Å². The highest BCUT2D eigenvalue weighted by Gasteiger charge is 2.26. The molecule has 2 aromatic rings. The Balaban J connectivity index is 2.42. The van der Waals surface area contributed by atoms with E-state index in [0.717, 1.165) is 17.5 Å². The summed E-state index contributed by atoms with van der Waals surface area (Å²) >= 11 is 0. The number of carbonyl (C=O) groups is 1. The summed E-state index contributed by atoms with van der Waals surface area (Å²) < 4.78 is 0. The summed E-state index contributed by atoms with van der Waals surface area (Å²) in [4.78, 5) is 13.0. The molecule has 2 atom stereocenters. The Labute approximate surface area is 120 Å². The molecule has 0 fully saturated rings. The molecule has 0 radical (unpaired) electrons. The molecule has 2 rings (SSSR count). The van der Waals surface area contributed by atoms with E-state index in [2.05, 4.69) is 29.6 Å². The molecular formula is C17H20N2O. The molecule has 3 nitrogen and oxygen atoms in total. The summed E-state index contributed by atoms with van der Waals surface area (Å²) in [5.74, 6) is 0. The lowest BCUT2D eigenvalue weighted by Crippen LogP contribution is -2.34. The van der Waals surface area contributed by atoms with E-state index in [1.807, 2.05) is 50.5 Å². The SMILES string of the molecule is CN[C@H](c1ccccc1)[C@@H](c1ccccc1)N(C)C=O. The van der Waals surface area contributed by atoms with Crippen molar-refractivity contribution in [1.82, 2.24) is 10.2 Å². The average molecular weight is 268 g/mol. The molecule has 104 valence electrons. The van der Waals surface area contributed by atoms with E-state index in [1.165, 1.54) is 0 Å². The zero-order chi connectivity index (χ0) is 14.4. The fourth-order valence-electron chi connectivity index (χ4n) is 2.55. The number of rotatable bonds is 6. The van der Waals surface area contributed by atoms with Gasteiger partial charge in [-0.15, -0.1) is 0 Å². The first-order chi connectivity index (χ1) is 9.77. The van der Waals surface area contributed by atoms with Gasteiger partial charge in [0.05, 0.1) is 12.1 Å². The van der Waals surface area contributed by atoms with Crippen molar-refractivity contribution in [3.05, 3.63) is 71.8 Å². The van der Waals surface area contributed by atoms with Gasteiger partial charge in [-0.1, -0.05) is 60.7 Å². The van der Waals surface area contributed by atoms with Gasteiger partial charge in [0.15, 0.2) is 0 Å². The Morgan fingerprint density at radius 2 is 1.45 bits per heavy atom. The summed E-state index contributed by atoms with van der Waals surface area (Å²) in [6.45, 7) is 0. The summed E-state index contributed by atoms with van der Waals surface area (Å²) in [5.41, 5.74) is 2.28. The van der Waals surface area contributed by atoms with Crippen LogP contribution in [0.1, 0.15) is 23.2 Å². The second-order valence-electron chi connectivity index (χ2n) is 4.80. The van der Waals surface area contributed by atoms with E-state index in [1.54, 1.807) is 4.90 Å². The van der Waals surface area contributed by atoms with Gasteiger partial charge in [0, 0.05) is 7.05 Å². The molecule has 20 heavy (non-hydrogen) atoms. The van der Waals surface area contributed by atoms with Crippen LogP contribution in [0.2, 0.25) is 0 Å². The minimum Gasteiger partial charge on any atom is -0.339 e. The number of benzene rings is 2. The quantitative estimate of drug-likeness (QED) is 0.817. The van der Waals surface area contributed by atoms with Crippen LogP contribution in [0.3, 0.4) is 0 Å². The highest BCUT2D eigenvalue weighted by atomic mass is 16.1. The van der Waals surface area contributed by atoms with Crippen molar-refractivity contribution >= 4 is 6.41 Å². The van der Waals surface area contributed by atoms with Gasteiger partial charge in [-0.3, -0.25) is 4.79 Å². The molecule has 1 N–H and O–H groups in total. The fraction of sp³-hybridized carbons (Fsp3) is 0.235. The van der Waals surface area contributed by atoms with Crippen LogP contribution in [0.4, 0.5) is 0 Å². The highest BCUT2D eigenvalue weighted by Crippen LogP contribution is 2.32. The first-order valence-corrected chi connectivity index (χ1v) is 6.72. The number of hydrogen-bond acceptors (Lipinski definition) is 2. The standard InChI is InChI=1S/C17H20N2O/c1-18-16(14-9-5-3-6-10-14)17(19(2)13-20)15-11-7-4-8-12-15/h3-13,16-18H,1-2H3/t16-,17-/m1/s1. The molecule has 0 aliphatic carbocycles. The van der Waals surface area contributed by atoms with Gasteiger partial charge in [-0.05, 0) is 18.2 Å². The predicted molar refractivity (Wildman–Crippen MR) is 81.3 cm³/mol. The van der Waals surface area contributed by atoms with Gasteiger partial charge in [0.25, 0.3) is 0 Å². The minimum absolute atomic E-state index is 0.0406. The third-order valence-corrected chi connectivity index (χ3v) is 3.53. The molecule has 3 heteroatoms. The Morgan fingerprint density at radius 3 is 1.90 bits per heavy atom. The summed E-state index contributed by atoms with van der Waals surface area (Å²) in [7, 11) is 3.74. The second kappa shape index (κ2) is 6.87. The first kappa shape index (κ1) is 14.3. The van der Waals surface area contributed by atoms with Crippen molar-refractivity contribution in [2.45, 2.75) is 12.1 Å². The molecule has 0 bridgehead atoms. The van der Waals surface area contributed by atoms with Crippen molar-refractivity contribution in [2.24, 2.45) is 0 Å². The highest BCUT2D eigenvalue weighted by molar-refractivity contribution is 5.49. The fourth-order valence-corrected chi connectivity index (χ4v) is 2.55. The molecule has 0 aliphatic rings. The number of nitrogens with one attached hydrogen (secondary N) is 1. The number of hydrogen-bond donors (Lipinski definition) is 1. The first-order valence-electron chi connectivity index (χ1n) is 6.72. The number of amides is 1. The van der Waals surface area contributed by atoms with Crippen LogP contribution in [0, 0.1) is 0 Å². The maximum Gasteiger partial charge on any atom is 0.210 e. The molecule has 0 heterocycles. The maximum atomic E-state index is 11.3. The third-order valence-electron chi connectivity index (χ3n) is 3.53. The van der Waals surface area contributed by atoms with Crippen LogP contribution < -0.4 is 5.32 Å². The van der Waals surface area contributed by atoms with Crippen molar-refractivity contribution in [3.8, 4) is 0 Å². The molecule has 0 aromatic heterocycles. The van der Waals surface area contributed by atoms with E-state index in [-0.39, 0.29) is 12.1 Å². The van der Waals surface area contributed by atoms with Gasteiger partial charge in [-0.25, -0.2) is 0 Å². The number of carbonyl (C=O) groups excluding carboxylic acids is 1. The lowest BCUT2D eigenvalue weighted by molar-refractivity contribution is -0.119. The van der Waals surface area contributed by atoms with Crippen LogP contribution in [0.25, 0.3) is 0 Å². The van der Waals surface area contributed by atoms with E-state index in [0.29, 0.717) is 0 Å². The second-order valence-corrected chi connectivity index (χ2v) is 4.80. The van der Waals surface area contributed by atoms with Crippen LogP contribution in [0.5, 0.6) is 0 Å². The van der Waals surface area contributed by atoms with E-state index >= 15 is 0 Å². The van der Waals surface area contributed by atoms with E-state index in [4.69, 9.17) is 0 Å². The minimum atomic E-state index is -0.0406. The summed E-state index contributed by atoms with van der Waals surface area (Å²) in [5, 5.41) is 3.33. The normalized spacial score (nSPS) is 13.5. The van der Waals surface area contributed by atoms with Crippen molar-refractivity contribution in [1.29, 1.82) is 0 Å². The molecule has 2 aromatic carbocycles. The van der Waals surface area contributed by atoms with Crippen molar-refractivity contribution in [2.75, 3.05) is 14.1 Å². The zero-order valence-corrected chi connectivity index (χ0v) is 11.9. The molecular weight excluding hydrogens is 248 g/mol. The maximum absolute atomic E-state index is 11.3. The summed E-state index contributed by atoms with van der Waals surface area (Å²) in [6.07, 6.45) is 0.880. The third kappa shape index (κ3) is 3.06. The van der Waals surface area contributed by atoms with Gasteiger partial charge in [0.1, 0.15) is 0 Å². The molecule has 0 spiro atoms. The van der Waals surface area contributed by atoms with Crippen LogP contribution >= 0.6 is 0 Å². The van der Waals surface area contributed by atoms with Crippen molar-refractivity contribution < 1.29 is 4.79 Å². The molecule has 0 unspecified atom stereocenters. The van der Waals surface area contributed by atoms with Gasteiger partial charge < -0.3 is 10.2 Å². The zero-order valence-electron chi connectivity index (χ0n) is 11.9. The van der Waals surface area contributed by atoms with Gasteiger partial charge >= 0.3 is 0 Å². The Morgan fingerprint density at radius 1 is 0.950 bits per heavy atom. The van der Waals surface area contributed by atoms with E-state index in [9.17, 15) is 4.79 Å². The molecule has 1 amide bonds. The summed E-state index contributed by atoms with van der Waals surface area (Å²) in [6, 6.07) is 20.3. The van der Waals surface area contributed by atoms with Gasteiger partial charge in [-0.2, -0.15) is 0 Å². The lowest BCUT2D eigenvalue weighted by Gasteiger charge is -2.33. The topological polar surface area (TPSA) is 32.3 Å². The molecule has 0 saturated heterocycles. The number of nitrogens with zero attached hydrogens (tertiary/aromatic N) is 1. The Kier molecular flexibility index (Phi) is 4.91. The van der Waals surface area contributed by atoms with Crippen LogP contribution in [-0.2, 0) is 4.79 Å². The molecule has 0 saturated carbocycles. The van der Waals surface area contributed by atoms with Crippen LogP contribution in [-0.4, -0.2) is 25.4 Å². The van der Waals surface area contributed by atoms with Crippen LogP contribution in [0.15, 0.2) is 60.7 Å². The monoisotopic (exact) mass is 268 g/mol. The van der Waals surface area contributed by atoms with Crippen molar-refractivity contribution in [3.63, 3.8) is 0 Å². The van der Waals surface area contributed by atoms with E-state index < -0.39 is 0 Å². The largest absolute Gasteiger partial charge is 0.339 e. The molecule has 0 aliphatic heterocycles. The average Bonchev–Trinajstić information content (AvgIpc) is 2.53. The Bertz CT molecular complexity index is 527. The lowest BCUT2D eigenvalue weighted by atomic mass is 9.92. The predicted octanol–water partition coefficient (Wildman–Crippen LogP) is 2.78. The Hall–Kier alpha value is -2.13.